The van der Waals surface area contributed by atoms with Crippen LogP contribution in [0.15, 0.2) is 17.8 Å². The van der Waals surface area contributed by atoms with Gasteiger partial charge >= 0.3 is 12.1 Å². The number of aliphatic carboxylic acids is 1. The Morgan fingerprint density at radius 2 is 2.26 bits per heavy atom. The van der Waals surface area contributed by atoms with E-state index in [-0.39, 0.29) is 6.54 Å². The first kappa shape index (κ1) is 13.8. The zero-order valence-corrected chi connectivity index (χ0v) is 10.4. The minimum Gasteiger partial charge on any atom is -0.480 e. The molecule has 1 N–H and O–H groups in total. The highest BCUT2D eigenvalue weighted by Gasteiger charge is 2.31. The molecule has 9 heteroatoms. The van der Waals surface area contributed by atoms with E-state index in [4.69, 9.17) is 5.11 Å². The number of carbonyl (C=O) groups is 1. The first-order chi connectivity index (χ1) is 8.83. The molecule has 104 valence electrons. The lowest BCUT2D eigenvalue weighted by Crippen LogP contribution is -2.37. The fourth-order valence-corrected chi connectivity index (χ4v) is 2.41. The van der Waals surface area contributed by atoms with Gasteiger partial charge in [-0.2, -0.15) is 13.2 Å². The molecule has 0 saturated carbocycles. The van der Waals surface area contributed by atoms with Gasteiger partial charge in [-0.1, -0.05) is 0 Å². The minimum absolute atomic E-state index is 0.153. The average Bonchev–Trinajstić information content (AvgIpc) is 2.72. The third-order valence-electron chi connectivity index (χ3n) is 2.29. The molecule has 2 heterocycles. The van der Waals surface area contributed by atoms with Gasteiger partial charge in [0.25, 0.3) is 0 Å². The van der Waals surface area contributed by atoms with Crippen LogP contribution in [0.4, 0.5) is 13.2 Å². The summed E-state index contributed by atoms with van der Waals surface area (Å²) in [4.78, 5) is 16.2. The van der Waals surface area contributed by atoms with Crippen LogP contribution in [0.25, 0.3) is 4.96 Å². The van der Waals surface area contributed by atoms with E-state index in [2.05, 4.69) is 4.98 Å². The molecule has 0 amide bonds. The SMILES string of the molecule is O=C(O)CN(Cc1cn2ccsc2n1)CC(F)(F)F. The molecule has 2 rings (SSSR count). The predicted molar refractivity (Wildman–Crippen MR) is 62.0 cm³/mol. The Morgan fingerprint density at radius 3 is 2.84 bits per heavy atom. The summed E-state index contributed by atoms with van der Waals surface area (Å²) in [6.07, 6.45) is -1.11. The van der Waals surface area contributed by atoms with Crippen LogP contribution in [0, 0.1) is 0 Å². The van der Waals surface area contributed by atoms with E-state index in [9.17, 15) is 18.0 Å². The molecule has 0 aliphatic carbocycles. The largest absolute Gasteiger partial charge is 0.480 e. The zero-order valence-electron chi connectivity index (χ0n) is 9.59. The molecule has 0 spiro atoms. The lowest BCUT2D eigenvalue weighted by molar-refractivity contribution is -0.154. The first-order valence-electron chi connectivity index (χ1n) is 5.25. The van der Waals surface area contributed by atoms with Crippen LogP contribution in [0.3, 0.4) is 0 Å². The van der Waals surface area contributed by atoms with Gasteiger partial charge < -0.3 is 5.11 Å². The van der Waals surface area contributed by atoms with Gasteiger partial charge in [-0.3, -0.25) is 14.1 Å². The quantitative estimate of drug-likeness (QED) is 0.914. The third kappa shape index (κ3) is 3.93. The Balaban J connectivity index is 2.10. The standard InChI is InChI=1S/C10H10F3N3O2S/c11-10(12,13)6-15(5-8(17)18)3-7-4-16-1-2-19-9(16)14-7/h1-2,4H,3,5-6H2,(H,17,18). The summed E-state index contributed by atoms with van der Waals surface area (Å²) in [5.74, 6) is -1.30. The molecule has 19 heavy (non-hydrogen) atoms. The summed E-state index contributed by atoms with van der Waals surface area (Å²) in [7, 11) is 0. The van der Waals surface area contributed by atoms with Crippen LogP contribution in [0.5, 0.6) is 0 Å². The number of fused-ring (bicyclic) bond motifs is 1. The van der Waals surface area contributed by atoms with Gasteiger partial charge in [-0.15, -0.1) is 11.3 Å². The fraction of sp³-hybridized carbons (Fsp3) is 0.400. The predicted octanol–water partition coefficient (Wildman–Crippen LogP) is 1.84. The molecule has 0 fully saturated rings. The summed E-state index contributed by atoms with van der Waals surface area (Å²) in [6, 6.07) is 0. The van der Waals surface area contributed by atoms with E-state index >= 15 is 0 Å². The molecule has 5 nitrogen and oxygen atoms in total. The third-order valence-corrected chi connectivity index (χ3v) is 3.06. The molecule has 0 unspecified atom stereocenters. The number of alkyl halides is 3. The van der Waals surface area contributed by atoms with Crippen molar-refractivity contribution in [2.45, 2.75) is 12.7 Å². The Hall–Kier alpha value is -1.61. The van der Waals surface area contributed by atoms with E-state index in [0.717, 1.165) is 4.90 Å². The van der Waals surface area contributed by atoms with Gasteiger partial charge in [0.05, 0.1) is 18.8 Å². The number of hydrogen-bond acceptors (Lipinski definition) is 4. The van der Waals surface area contributed by atoms with Crippen LogP contribution >= 0.6 is 11.3 Å². The maximum atomic E-state index is 12.3. The summed E-state index contributed by atoms with van der Waals surface area (Å²) < 4.78 is 38.7. The molecule has 0 bridgehead atoms. The van der Waals surface area contributed by atoms with Crippen LogP contribution in [0.1, 0.15) is 5.69 Å². The molecule has 0 atom stereocenters. The van der Waals surface area contributed by atoms with Crippen molar-refractivity contribution in [3.63, 3.8) is 0 Å². The Morgan fingerprint density at radius 1 is 1.53 bits per heavy atom. The summed E-state index contributed by atoms with van der Waals surface area (Å²) in [5, 5.41) is 10.4. The highest BCUT2D eigenvalue weighted by Crippen LogP contribution is 2.18. The summed E-state index contributed by atoms with van der Waals surface area (Å²) in [6.45, 7) is -2.10. The van der Waals surface area contributed by atoms with Crippen molar-refractivity contribution >= 4 is 22.3 Å². The minimum atomic E-state index is -4.44. The van der Waals surface area contributed by atoms with E-state index < -0.39 is 25.2 Å². The van der Waals surface area contributed by atoms with Crippen molar-refractivity contribution < 1.29 is 23.1 Å². The smallest absolute Gasteiger partial charge is 0.401 e. The van der Waals surface area contributed by atoms with Crippen molar-refractivity contribution in [1.29, 1.82) is 0 Å². The van der Waals surface area contributed by atoms with Crippen molar-refractivity contribution in [2.75, 3.05) is 13.1 Å². The number of rotatable bonds is 5. The van der Waals surface area contributed by atoms with E-state index in [1.54, 1.807) is 22.2 Å². The second-order valence-electron chi connectivity index (χ2n) is 3.98. The first-order valence-corrected chi connectivity index (χ1v) is 6.13. The second-order valence-corrected chi connectivity index (χ2v) is 4.85. The highest BCUT2D eigenvalue weighted by molar-refractivity contribution is 7.15. The number of carboxylic acids is 1. The Kier molecular flexibility index (Phi) is 3.76. The number of carboxylic acid groups (broad SMARTS) is 1. The van der Waals surface area contributed by atoms with Gasteiger partial charge in [0.15, 0.2) is 4.96 Å². The molecular formula is C10H10F3N3O2S. The summed E-state index contributed by atoms with van der Waals surface area (Å²) >= 11 is 1.36. The molecule has 2 aromatic rings. The van der Waals surface area contributed by atoms with E-state index in [1.165, 1.54) is 11.3 Å². The normalized spacial score (nSPS) is 12.4. The van der Waals surface area contributed by atoms with Crippen LogP contribution < -0.4 is 0 Å². The monoisotopic (exact) mass is 293 g/mol. The molecule has 0 aliphatic heterocycles. The number of halogens is 3. The van der Waals surface area contributed by atoms with E-state index in [1.807, 2.05) is 0 Å². The van der Waals surface area contributed by atoms with Gasteiger partial charge in [-0.25, -0.2) is 4.98 Å². The number of imidazole rings is 1. The van der Waals surface area contributed by atoms with Gasteiger partial charge in [-0.05, 0) is 0 Å². The van der Waals surface area contributed by atoms with Crippen LogP contribution in [-0.2, 0) is 11.3 Å². The van der Waals surface area contributed by atoms with Crippen molar-refractivity contribution in [2.24, 2.45) is 0 Å². The number of nitrogens with zero attached hydrogens (tertiary/aromatic N) is 3. The molecule has 0 saturated heterocycles. The second kappa shape index (κ2) is 5.17. The van der Waals surface area contributed by atoms with Crippen molar-refractivity contribution in [3.05, 3.63) is 23.5 Å². The lowest BCUT2D eigenvalue weighted by Gasteiger charge is -2.20. The van der Waals surface area contributed by atoms with Crippen LogP contribution in [0.2, 0.25) is 0 Å². The van der Waals surface area contributed by atoms with E-state index in [0.29, 0.717) is 10.7 Å². The van der Waals surface area contributed by atoms with Crippen molar-refractivity contribution in [3.8, 4) is 0 Å². The topological polar surface area (TPSA) is 57.8 Å². The molecule has 0 aromatic carbocycles. The van der Waals surface area contributed by atoms with Gasteiger partial charge in [0, 0.05) is 24.3 Å². The highest BCUT2D eigenvalue weighted by atomic mass is 32.1. The Labute approximate surface area is 109 Å². The maximum Gasteiger partial charge on any atom is 0.401 e. The molecule has 0 aliphatic rings. The summed E-state index contributed by atoms with van der Waals surface area (Å²) in [5.41, 5.74) is 0.414. The fourth-order valence-electron chi connectivity index (χ4n) is 1.69. The molecule has 0 radical (unpaired) electrons. The van der Waals surface area contributed by atoms with Crippen LogP contribution in [-0.4, -0.2) is 44.6 Å². The number of aromatic nitrogens is 2. The number of hydrogen-bond donors (Lipinski definition) is 1. The van der Waals surface area contributed by atoms with Gasteiger partial charge in [0.2, 0.25) is 0 Å². The Bertz CT molecular complexity index is 549. The molecular weight excluding hydrogens is 283 g/mol. The lowest BCUT2D eigenvalue weighted by atomic mass is 10.4. The number of thiazole rings is 1. The zero-order chi connectivity index (χ0) is 14.0. The maximum absolute atomic E-state index is 12.3. The average molecular weight is 293 g/mol. The molecule has 2 aromatic heterocycles. The van der Waals surface area contributed by atoms with Crippen molar-refractivity contribution in [1.82, 2.24) is 14.3 Å². The van der Waals surface area contributed by atoms with Gasteiger partial charge in [0.1, 0.15) is 0 Å².